The summed E-state index contributed by atoms with van der Waals surface area (Å²) in [6.45, 7) is 0.624. The third-order valence-electron chi connectivity index (χ3n) is 3.68. The summed E-state index contributed by atoms with van der Waals surface area (Å²) in [4.78, 5) is 14.1. The molecule has 3 heteroatoms. The number of rotatable bonds is 4. The van der Waals surface area contributed by atoms with Crippen molar-refractivity contribution in [3.63, 3.8) is 0 Å². The van der Waals surface area contributed by atoms with Gasteiger partial charge in [-0.05, 0) is 18.9 Å². The normalized spacial score (nSPS) is 15.7. The van der Waals surface area contributed by atoms with Gasteiger partial charge in [0.2, 0.25) is 5.91 Å². The number of amides is 1. The summed E-state index contributed by atoms with van der Waals surface area (Å²) in [6.07, 6.45) is 4.49. The van der Waals surface area contributed by atoms with Crippen LogP contribution in [0, 0.1) is 5.92 Å². The van der Waals surface area contributed by atoms with E-state index >= 15 is 0 Å². The molecule has 0 spiro atoms. The molecule has 0 radical (unpaired) electrons. The van der Waals surface area contributed by atoms with Gasteiger partial charge in [0.15, 0.2) is 0 Å². The Morgan fingerprint density at radius 3 is 2.67 bits per heavy atom. The Bertz CT molecular complexity index is 411. The third kappa shape index (κ3) is 2.84. The van der Waals surface area contributed by atoms with Crippen LogP contribution in [0.1, 0.15) is 31.2 Å². The lowest BCUT2D eigenvalue weighted by molar-refractivity contribution is -0.134. The van der Waals surface area contributed by atoms with Crippen molar-refractivity contribution in [3.05, 3.63) is 29.8 Å². The second-order valence-corrected chi connectivity index (χ2v) is 4.99. The zero-order valence-electron chi connectivity index (χ0n) is 11.2. The number of carbonyl (C=O) groups is 1. The van der Waals surface area contributed by atoms with Crippen LogP contribution in [-0.4, -0.2) is 25.0 Å². The van der Waals surface area contributed by atoms with E-state index in [0.717, 1.165) is 24.2 Å². The summed E-state index contributed by atoms with van der Waals surface area (Å²) < 4.78 is 5.31. The second-order valence-electron chi connectivity index (χ2n) is 4.99. The maximum atomic E-state index is 12.2. The van der Waals surface area contributed by atoms with Crippen LogP contribution in [0.5, 0.6) is 5.75 Å². The van der Waals surface area contributed by atoms with Crippen molar-refractivity contribution in [3.8, 4) is 5.75 Å². The minimum absolute atomic E-state index is 0.240. The highest BCUT2D eigenvalue weighted by molar-refractivity contribution is 5.78. The van der Waals surface area contributed by atoms with Gasteiger partial charge in [0, 0.05) is 25.1 Å². The number of methoxy groups -OCH3 is 1. The van der Waals surface area contributed by atoms with E-state index in [1.165, 1.54) is 12.8 Å². The van der Waals surface area contributed by atoms with Crippen LogP contribution in [0.4, 0.5) is 0 Å². The molecule has 2 rings (SSSR count). The minimum atomic E-state index is 0.240. The smallest absolute Gasteiger partial charge is 0.225 e. The lowest BCUT2D eigenvalue weighted by Gasteiger charge is -2.22. The highest BCUT2D eigenvalue weighted by atomic mass is 16.5. The number of hydrogen-bond acceptors (Lipinski definition) is 2. The molecule has 0 aliphatic heterocycles. The van der Waals surface area contributed by atoms with E-state index in [-0.39, 0.29) is 11.8 Å². The number of nitrogens with zero attached hydrogens (tertiary/aromatic N) is 1. The Labute approximate surface area is 109 Å². The standard InChI is InChI=1S/C15H21NO2/c1-16(15(17)12-7-3-4-8-12)11-13-9-5-6-10-14(13)18-2/h5-6,9-10,12H,3-4,7-8,11H2,1-2H3. The largest absolute Gasteiger partial charge is 0.496 e. The molecule has 1 aliphatic carbocycles. The number of ether oxygens (including phenoxy) is 1. The predicted molar refractivity (Wildman–Crippen MR) is 71.4 cm³/mol. The molecule has 3 nitrogen and oxygen atoms in total. The molecule has 0 N–H and O–H groups in total. The molecule has 0 bridgehead atoms. The number of hydrogen-bond donors (Lipinski definition) is 0. The molecule has 1 aromatic carbocycles. The van der Waals surface area contributed by atoms with Gasteiger partial charge >= 0.3 is 0 Å². The van der Waals surface area contributed by atoms with Gasteiger partial charge in [0.1, 0.15) is 5.75 Å². The van der Waals surface area contributed by atoms with Crippen molar-refractivity contribution < 1.29 is 9.53 Å². The van der Waals surface area contributed by atoms with Gasteiger partial charge < -0.3 is 9.64 Å². The molecule has 98 valence electrons. The summed E-state index contributed by atoms with van der Waals surface area (Å²) in [5.41, 5.74) is 1.06. The van der Waals surface area contributed by atoms with Crippen molar-refractivity contribution in [2.24, 2.45) is 5.92 Å². The molecule has 0 heterocycles. The average molecular weight is 247 g/mol. The van der Waals surface area contributed by atoms with Crippen molar-refractivity contribution >= 4 is 5.91 Å². The van der Waals surface area contributed by atoms with E-state index in [9.17, 15) is 4.79 Å². The average Bonchev–Trinajstić information content (AvgIpc) is 2.92. The molecular weight excluding hydrogens is 226 g/mol. The van der Waals surface area contributed by atoms with Crippen LogP contribution < -0.4 is 4.74 Å². The third-order valence-corrected chi connectivity index (χ3v) is 3.68. The molecule has 1 aliphatic rings. The Kier molecular flexibility index (Phi) is 4.24. The first-order valence-corrected chi connectivity index (χ1v) is 6.59. The molecule has 1 aromatic rings. The van der Waals surface area contributed by atoms with Crippen LogP contribution in [0.3, 0.4) is 0 Å². The fourth-order valence-electron chi connectivity index (χ4n) is 2.65. The zero-order valence-corrected chi connectivity index (χ0v) is 11.2. The summed E-state index contributed by atoms with van der Waals surface area (Å²) in [6, 6.07) is 7.87. The van der Waals surface area contributed by atoms with Gasteiger partial charge in [-0.15, -0.1) is 0 Å². The first kappa shape index (κ1) is 12.9. The van der Waals surface area contributed by atoms with E-state index in [2.05, 4.69) is 0 Å². The van der Waals surface area contributed by atoms with Gasteiger partial charge in [-0.25, -0.2) is 0 Å². The Hall–Kier alpha value is -1.51. The summed E-state index contributed by atoms with van der Waals surface area (Å²) in [7, 11) is 3.55. The topological polar surface area (TPSA) is 29.5 Å². The van der Waals surface area contributed by atoms with E-state index in [0.29, 0.717) is 6.54 Å². The Balaban J connectivity index is 2.01. The first-order valence-electron chi connectivity index (χ1n) is 6.59. The lowest BCUT2D eigenvalue weighted by Crippen LogP contribution is -2.31. The zero-order chi connectivity index (χ0) is 13.0. The van der Waals surface area contributed by atoms with Gasteiger partial charge in [0.25, 0.3) is 0 Å². The van der Waals surface area contributed by atoms with Crippen LogP contribution in [-0.2, 0) is 11.3 Å². The number of carbonyl (C=O) groups excluding carboxylic acids is 1. The minimum Gasteiger partial charge on any atom is -0.496 e. The number of para-hydroxylation sites is 1. The van der Waals surface area contributed by atoms with E-state index in [1.807, 2.05) is 36.2 Å². The van der Waals surface area contributed by atoms with Crippen LogP contribution >= 0.6 is 0 Å². The summed E-state index contributed by atoms with van der Waals surface area (Å²) >= 11 is 0. The van der Waals surface area contributed by atoms with Crippen molar-refractivity contribution in [1.29, 1.82) is 0 Å². The van der Waals surface area contributed by atoms with Gasteiger partial charge in [-0.2, -0.15) is 0 Å². The van der Waals surface area contributed by atoms with Crippen LogP contribution in [0.2, 0.25) is 0 Å². The van der Waals surface area contributed by atoms with Gasteiger partial charge in [0.05, 0.1) is 7.11 Å². The van der Waals surface area contributed by atoms with Crippen molar-refractivity contribution in [2.45, 2.75) is 32.2 Å². The lowest BCUT2D eigenvalue weighted by atomic mass is 10.1. The molecule has 0 saturated heterocycles. The van der Waals surface area contributed by atoms with E-state index in [1.54, 1.807) is 7.11 Å². The molecule has 18 heavy (non-hydrogen) atoms. The molecule has 1 fully saturated rings. The molecular formula is C15H21NO2. The maximum absolute atomic E-state index is 12.2. The quantitative estimate of drug-likeness (QED) is 0.818. The predicted octanol–water partition coefficient (Wildman–Crippen LogP) is 2.84. The molecule has 0 unspecified atom stereocenters. The highest BCUT2D eigenvalue weighted by Gasteiger charge is 2.25. The molecule has 1 saturated carbocycles. The van der Waals surface area contributed by atoms with Crippen molar-refractivity contribution in [2.75, 3.05) is 14.2 Å². The summed E-state index contributed by atoms with van der Waals surface area (Å²) in [5.74, 6) is 1.37. The monoisotopic (exact) mass is 247 g/mol. The van der Waals surface area contributed by atoms with Gasteiger partial charge in [-0.1, -0.05) is 31.0 Å². The second kappa shape index (κ2) is 5.89. The Morgan fingerprint density at radius 1 is 1.33 bits per heavy atom. The fraction of sp³-hybridized carbons (Fsp3) is 0.533. The van der Waals surface area contributed by atoms with E-state index in [4.69, 9.17) is 4.74 Å². The fourth-order valence-corrected chi connectivity index (χ4v) is 2.65. The first-order chi connectivity index (χ1) is 8.72. The van der Waals surface area contributed by atoms with Crippen LogP contribution in [0.25, 0.3) is 0 Å². The van der Waals surface area contributed by atoms with Gasteiger partial charge in [-0.3, -0.25) is 4.79 Å². The molecule has 1 amide bonds. The highest BCUT2D eigenvalue weighted by Crippen LogP contribution is 2.27. The number of benzene rings is 1. The van der Waals surface area contributed by atoms with Crippen LogP contribution in [0.15, 0.2) is 24.3 Å². The van der Waals surface area contributed by atoms with Crippen molar-refractivity contribution in [1.82, 2.24) is 4.90 Å². The summed E-state index contributed by atoms with van der Waals surface area (Å²) in [5, 5.41) is 0. The maximum Gasteiger partial charge on any atom is 0.225 e. The molecule has 0 atom stereocenters. The molecule has 0 aromatic heterocycles. The Morgan fingerprint density at radius 2 is 2.00 bits per heavy atom. The SMILES string of the molecule is COc1ccccc1CN(C)C(=O)C1CCCC1. The van der Waals surface area contributed by atoms with E-state index < -0.39 is 0 Å².